The number of hydrogen-bond acceptors (Lipinski definition) is 8. The summed E-state index contributed by atoms with van der Waals surface area (Å²) in [6.45, 7) is 9.01. The first-order chi connectivity index (χ1) is 18.7. The van der Waals surface area contributed by atoms with Crippen molar-refractivity contribution in [3.8, 4) is 11.1 Å². The second-order valence-electron chi connectivity index (χ2n) is 11.1. The molecule has 0 radical (unpaired) electrons. The molecule has 2 saturated heterocycles. The van der Waals surface area contributed by atoms with E-state index in [0.717, 1.165) is 31.7 Å². The molecule has 0 spiro atoms. The second kappa shape index (κ2) is 9.85. The van der Waals surface area contributed by atoms with Crippen molar-refractivity contribution in [1.29, 1.82) is 0 Å². The van der Waals surface area contributed by atoms with Crippen LogP contribution < -0.4 is 15.1 Å². The molecule has 0 aliphatic carbocycles. The number of H-pyrrole nitrogens is 1. The van der Waals surface area contributed by atoms with Gasteiger partial charge in [0.25, 0.3) is 0 Å². The minimum absolute atomic E-state index is 0.161. The van der Waals surface area contributed by atoms with Crippen molar-refractivity contribution in [1.82, 2.24) is 30.4 Å². The van der Waals surface area contributed by atoms with Gasteiger partial charge in [-0.3, -0.25) is 5.10 Å². The molecule has 2 atom stereocenters. The van der Waals surface area contributed by atoms with Gasteiger partial charge in [0.15, 0.2) is 5.82 Å². The van der Waals surface area contributed by atoms with Crippen LogP contribution in [0.3, 0.4) is 0 Å². The maximum Gasteiger partial charge on any atom is 0.228 e. The molecule has 206 valence electrons. The maximum absolute atomic E-state index is 16.8. The summed E-state index contributed by atoms with van der Waals surface area (Å²) in [4.78, 5) is 16.3. The first-order valence-corrected chi connectivity index (χ1v) is 13.7. The van der Waals surface area contributed by atoms with Crippen LogP contribution in [0.15, 0.2) is 18.2 Å². The summed E-state index contributed by atoms with van der Waals surface area (Å²) < 4.78 is 16.8. The van der Waals surface area contributed by atoms with Gasteiger partial charge in [0.05, 0.1) is 22.8 Å². The monoisotopic (exact) mass is 552 g/mol. The second-order valence-corrected chi connectivity index (χ2v) is 11.5. The average Bonchev–Trinajstić information content (AvgIpc) is 3.29. The van der Waals surface area contributed by atoms with Crippen LogP contribution in [0, 0.1) is 12.7 Å². The van der Waals surface area contributed by atoms with E-state index in [-0.39, 0.29) is 34.8 Å². The number of nitrogens with zero attached hydrogens (tertiary/aromatic N) is 6. The summed E-state index contributed by atoms with van der Waals surface area (Å²) >= 11 is 6.91. The molecule has 4 aromatic rings. The SMILES string of the molecule is Cc1ccc2[nH]nc(CO)c2c1-c1c(Cl)cc2c(N3C[C@@H](C)NC[C@@H]3C)nc(N3CC(N(C)C)C3)nc2c1F. The molecule has 2 fully saturated rings. The zero-order valence-electron chi connectivity index (χ0n) is 22.9. The van der Waals surface area contributed by atoms with Crippen molar-refractivity contribution in [3.05, 3.63) is 40.3 Å². The largest absolute Gasteiger partial charge is 0.390 e. The molecular formula is C28H34ClFN8O. The van der Waals surface area contributed by atoms with Crippen LogP contribution in [-0.2, 0) is 6.61 Å². The number of aliphatic hydroxyl groups is 1. The van der Waals surface area contributed by atoms with Gasteiger partial charge in [0.2, 0.25) is 5.95 Å². The third-order valence-corrected chi connectivity index (χ3v) is 8.47. The lowest BCUT2D eigenvalue weighted by Crippen LogP contribution is -2.58. The highest BCUT2D eigenvalue weighted by atomic mass is 35.5. The third kappa shape index (κ3) is 4.30. The molecule has 2 aliphatic heterocycles. The predicted octanol–water partition coefficient (Wildman–Crippen LogP) is 3.70. The Labute approximate surface area is 232 Å². The number of aliphatic hydroxyl groups excluding tert-OH is 1. The lowest BCUT2D eigenvalue weighted by molar-refractivity contribution is 0.245. The van der Waals surface area contributed by atoms with Crippen LogP contribution in [0.1, 0.15) is 25.1 Å². The lowest BCUT2D eigenvalue weighted by Gasteiger charge is -2.43. The molecule has 39 heavy (non-hydrogen) atoms. The molecule has 3 N–H and O–H groups in total. The zero-order chi connectivity index (χ0) is 27.6. The van der Waals surface area contributed by atoms with E-state index in [9.17, 15) is 5.11 Å². The third-order valence-electron chi connectivity index (χ3n) is 8.18. The Morgan fingerprint density at radius 1 is 1.15 bits per heavy atom. The van der Waals surface area contributed by atoms with E-state index >= 15 is 4.39 Å². The van der Waals surface area contributed by atoms with E-state index in [4.69, 9.17) is 21.6 Å². The van der Waals surface area contributed by atoms with Gasteiger partial charge in [-0.1, -0.05) is 17.7 Å². The van der Waals surface area contributed by atoms with Crippen LogP contribution in [-0.4, -0.2) is 88.6 Å². The van der Waals surface area contributed by atoms with Gasteiger partial charge >= 0.3 is 0 Å². The van der Waals surface area contributed by atoms with E-state index in [2.05, 4.69) is 58.2 Å². The van der Waals surface area contributed by atoms with Gasteiger partial charge < -0.3 is 25.1 Å². The first kappa shape index (κ1) is 26.2. The summed E-state index contributed by atoms with van der Waals surface area (Å²) in [5.41, 5.74) is 3.09. The number of likely N-dealkylation sites (N-methyl/N-ethyl adjacent to an activating group) is 1. The van der Waals surface area contributed by atoms with Crippen LogP contribution in [0.4, 0.5) is 16.2 Å². The van der Waals surface area contributed by atoms with Crippen molar-refractivity contribution >= 4 is 45.2 Å². The Kier molecular flexibility index (Phi) is 6.61. The fourth-order valence-corrected chi connectivity index (χ4v) is 6.03. The standard InChI is InChI=1S/C28H34ClFN8O/c1-14-6-7-20-24(21(13-39)35-34-20)22(14)23-19(29)8-18-26(25(23)30)32-28(37-11-17(12-37)36(4)5)33-27(18)38-10-15(2)31-9-16(38)3/h6-8,15-17,31,39H,9-13H2,1-5H3,(H,34,35)/t15-,16+/m1/s1. The number of anilines is 2. The van der Waals surface area contributed by atoms with Crippen molar-refractivity contribution < 1.29 is 9.50 Å². The van der Waals surface area contributed by atoms with Crippen molar-refractivity contribution in [2.45, 2.75) is 45.5 Å². The highest BCUT2D eigenvalue weighted by Crippen LogP contribution is 2.43. The molecule has 0 amide bonds. The Morgan fingerprint density at radius 2 is 1.92 bits per heavy atom. The summed E-state index contributed by atoms with van der Waals surface area (Å²) in [6.07, 6.45) is 0. The quantitative estimate of drug-likeness (QED) is 0.345. The molecule has 6 rings (SSSR count). The highest BCUT2D eigenvalue weighted by Gasteiger charge is 2.34. The summed E-state index contributed by atoms with van der Waals surface area (Å²) in [5, 5.41) is 22.2. The molecule has 0 unspecified atom stereocenters. The van der Waals surface area contributed by atoms with Crippen molar-refractivity contribution in [2.75, 3.05) is 50.1 Å². The molecular weight excluding hydrogens is 519 g/mol. The van der Waals surface area contributed by atoms with E-state index in [1.807, 2.05) is 19.1 Å². The first-order valence-electron chi connectivity index (χ1n) is 13.4. The molecule has 2 aliphatic rings. The van der Waals surface area contributed by atoms with E-state index < -0.39 is 5.82 Å². The lowest BCUT2D eigenvalue weighted by atomic mass is 9.93. The normalized spacial score (nSPS) is 20.4. The molecule has 2 aromatic carbocycles. The van der Waals surface area contributed by atoms with Crippen molar-refractivity contribution in [2.24, 2.45) is 0 Å². The number of rotatable bonds is 5. The molecule has 2 aromatic heterocycles. The van der Waals surface area contributed by atoms with Gasteiger partial charge in [-0.05, 0) is 52.6 Å². The number of hydrogen-bond donors (Lipinski definition) is 3. The Bertz CT molecular complexity index is 1570. The Morgan fingerprint density at radius 3 is 2.64 bits per heavy atom. The van der Waals surface area contributed by atoms with Crippen LogP contribution >= 0.6 is 11.6 Å². The van der Waals surface area contributed by atoms with Crippen LogP contribution in [0.25, 0.3) is 32.9 Å². The highest BCUT2D eigenvalue weighted by molar-refractivity contribution is 6.35. The molecule has 11 heteroatoms. The summed E-state index contributed by atoms with van der Waals surface area (Å²) in [7, 11) is 4.12. The van der Waals surface area contributed by atoms with Gasteiger partial charge in [-0.2, -0.15) is 10.1 Å². The number of aromatic amines is 1. The van der Waals surface area contributed by atoms with Gasteiger partial charge in [0.1, 0.15) is 11.3 Å². The number of halogens is 2. The molecule has 0 bridgehead atoms. The number of aromatic nitrogens is 4. The fourth-order valence-electron chi connectivity index (χ4n) is 5.74. The maximum atomic E-state index is 16.8. The molecule has 9 nitrogen and oxygen atoms in total. The molecule has 0 saturated carbocycles. The van der Waals surface area contributed by atoms with Crippen LogP contribution in [0.5, 0.6) is 0 Å². The van der Waals surface area contributed by atoms with Gasteiger partial charge in [0, 0.05) is 66.2 Å². The minimum atomic E-state index is -0.497. The van der Waals surface area contributed by atoms with Gasteiger partial charge in [-0.15, -0.1) is 0 Å². The van der Waals surface area contributed by atoms with E-state index in [1.165, 1.54) is 0 Å². The summed E-state index contributed by atoms with van der Waals surface area (Å²) in [5.74, 6) is 0.727. The number of benzene rings is 2. The Balaban J connectivity index is 1.60. The number of nitrogens with one attached hydrogen (secondary N) is 2. The minimum Gasteiger partial charge on any atom is -0.390 e. The Hall–Kier alpha value is -3.05. The van der Waals surface area contributed by atoms with E-state index in [0.29, 0.717) is 45.4 Å². The van der Waals surface area contributed by atoms with Gasteiger partial charge in [-0.25, -0.2) is 9.37 Å². The summed E-state index contributed by atoms with van der Waals surface area (Å²) in [6, 6.07) is 6.39. The fraction of sp³-hybridized carbons (Fsp3) is 0.464. The average molecular weight is 553 g/mol. The molecule has 4 heterocycles. The number of piperazine rings is 1. The van der Waals surface area contributed by atoms with E-state index in [1.54, 1.807) is 6.07 Å². The topological polar surface area (TPSA) is 96.4 Å². The number of fused-ring (bicyclic) bond motifs is 2. The smallest absolute Gasteiger partial charge is 0.228 e. The van der Waals surface area contributed by atoms with Crippen LogP contribution in [0.2, 0.25) is 5.02 Å². The number of aryl methyl sites for hydroxylation is 1. The predicted molar refractivity (Wildman–Crippen MR) is 154 cm³/mol. The zero-order valence-corrected chi connectivity index (χ0v) is 23.6. The van der Waals surface area contributed by atoms with Crippen molar-refractivity contribution in [3.63, 3.8) is 0 Å².